The molecule has 3 aromatic rings. The molecule has 0 heterocycles. The van der Waals surface area contributed by atoms with Crippen molar-refractivity contribution in [2.45, 2.75) is 19.4 Å². The van der Waals surface area contributed by atoms with Gasteiger partial charge in [0.15, 0.2) is 0 Å². The minimum Gasteiger partial charge on any atom is -0.497 e. The summed E-state index contributed by atoms with van der Waals surface area (Å²) in [5.74, 6) is 1.79. The highest BCUT2D eigenvalue weighted by atomic mass is 35.5. The Hall–Kier alpha value is -2.65. The lowest BCUT2D eigenvalue weighted by Gasteiger charge is -2.13. The zero-order valence-corrected chi connectivity index (χ0v) is 16.6. The molecule has 0 spiro atoms. The second kappa shape index (κ2) is 10.5. The molecule has 0 aliphatic carbocycles. The summed E-state index contributed by atoms with van der Waals surface area (Å²) in [5, 5.41) is 3.56. The Balaban J connectivity index is 0.00000261. The van der Waals surface area contributed by atoms with Gasteiger partial charge in [-0.2, -0.15) is 0 Å². The molecule has 0 fully saturated rings. The number of hydrogen-bond donors (Lipinski definition) is 1. The van der Waals surface area contributed by atoms with Gasteiger partial charge in [-0.15, -0.1) is 12.4 Å². The summed E-state index contributed by atoms with van der Waals surface area (Å²) in [6.45, 7) is 0.792. The number of nitrogens with one attached hydrogen (secondary N) is 1. The van der Waals surface area contributed by atoms with E-state index in [-0.39, 0.29) is 12.4 Å². The average Bonchev–Trinajstić information content (AvgIpc) is 2.72. The van der Waals surface area contributed by atoms with Crippen molar-refractivity contribution in [1.82, 2.24) is 0 Å². The van der Waals surface area contributed by atoms with Crippen LogP contribution in [0.4, 0.5) is 5.69 Å². The first kappa shape index (κ1) is 20.7. The SMILES string of the molecule is COc1ccc(CNc2ccccc2CCc2cccc(OC)c2)cc1.Cl. The van der Waals surface area contributed by atoms with E-state index in [9.17, 15) is 0 Å². The fourth-order valence-corrected chi connectivity index (χ4v) is 2.96. The largest absolute Gasteiger partial charge is 0.497 e. The summed E-state index contributed by atoms with van der Waals surface area (Å²) < 4.78 is 10.5. The molecule has 4 heteroatoms. The Kier molecular flexibility index (Phi) is 8.02. The van der Waals surface area contributed by atoms with Crippen LogP contribution in [0, 0.1) is 0 Å². The minimum atomic E-state index is 0. The van der Waals surface area contributed by atoms with Crippen LogP contribution in [0.25, 0.3) is 0 Å². The Morgan fingerprint density at radius 3 is 2.19 bits per heavy atom. The molecule has 0 radical (unpaired) electrons. The summed E-state index contributed by atoms with van der Waals surface area (Å²) in [6, 6.07) is 24.9. The zero-order chi connectivity index (χ0) is 18.2. The van der Waals surface area contributed by atoms with Crippen molar-refractivity contribution < 1.29 is 9.47 Å². The summed E-state index contributed by atoms with van der Waals surface area (Å²) >= 11 is 0. The van der Waals surface area contributed by atoms with Crippen molar-refractivity contribution in [1.29, 1.82) is 0 Å². The van der Waals surface area contributed by atoms with Gasteiger partial charge in [-0.1, -0.05) is 42.5 Å². The first-order valence-corrected chi connectivity index (χ1v) is 8.86. The van der Waals surface area contributed by atoms with E-state index in [4.69, 9.17) is 9.47 Å². The topological polar surface area (TPSA) is 30.5 Å². The first-order valence-electron chi connectivity index (χ1n) is 8.86. The van der Waals surface area contributed by atoms with Crippen molar-refractivity contribution in [2.75, 3.05) is 19.5 Å². The third kappa shape index (κ3) is 5.93. The number of aryl methyl sites for hydroxylation is 2. The lowest BCUT2D eigenvalue weighted by molar-refractivity contribution is 0.414. The molecule has 3 nitrogen and oxygen atoms in total. The van der Waals surface area contributed by atoms with E-state index in [1.54, 1.807) is 14.2 Å². The Morgan fingerprint density at radius 1 is 0.704 bits per heavy atom. The maximum atomic E-state index is 5.31. The Bertz CT molecular complexity index is 834. The van der Waals surface area contributed by atoms with Gasteiger partial charge in [0.25, 0.3) is 0 Å². The van der Waals surface area contributed by atoms with Gasteiger partial charge in [0, 0.05) is 12.2 Å². The van der Waals surface area contributed by atoms with Crippen LogP contribution in [-0.2, 0) is 19.4 Å². The van der Waals surface area contributed by atoms with Gasteiger partial charge < -0.3 is 14.8 Å². The highest BCUT2D eigenvalue weighted by Gasteiger charge is 2.04. The summed E-state index contributed by atoms with van der Waals surface area (Å²) in [7, 11) is 3.39. The van der Waals surface area contributed by atoms with Crippen LogP contribution >= 0.6 is 12.4 Å². The molecule has 0 aliphatic heterocycles. The van der Waals surface area contributed by atoms with E-state index in [1.165, 1.54) is 22.4 Å². The van der Waals surface area contributed by atoms with Crippen LogP contribution < -0.4 is 14.8 Å². The Morgan fingerprint density at radius 2 is 1.44 bits per heavy atom. The Labute approximate surface area is 167 Å². The minimum absolute atomic E-state index is 0. The van der Waals surface area contributed by atoms with Crippen LogP contribution in [-0.4, -0.2) is 14.2 Å². The average molecular weight is 384 g/mol. The van der Waals surface area contributed by atoms with Crippen molar-refractivity contribution in [2.24, 2.45) is 0 Å². The maximum Gasteiger partial charge on any atom is 0.119 e. The predicted octanol–water partition coefficient (Wildman–Crippen LogP) is 5.52. The molecule has 1 N–H and O–H groups in total. The summed E-state index contributed by atoms with van der Waals surface area (Å²) in [4.78, 5) is 0. The molecule has 0 amide bonds. The number of ether oxygens (including phenoxy) is 2. The molecule has 0 bridgehead atoms. The van der Waals surface area contributed by atoms with Gasteiger partial charge >= 0.3 is 0 Å². The summed E-state index contributed by atoms with van der Waals surface area (Å²) in [6.07, 6.45) is 1.97. The predicted molar refractivity (Wildman–Crippen MR) is 114 cm³/mol. The smallest absolute Gasteiger partial charge is 0.119 e. The number of para-hydroxylation sites is 1. The number of rotatable bonds is 8. The molecule has 0 saturated carbocycles. The molecular formula is C23H26ClNO2. The van der Waals surface area contributed by atoms with Gasteiger partial charge in [-0.05, 0) is 59.9 Å². The molecule has 27 heavy (non-hydrogen) atoms. The highest BCUT2D eigenvalue weighted by Crippen LogP contribution is 2.21. The summed E-state index contributed by atoms with van der Waals surface area (Å²) in [5.41, 5.74) is 5.03. The third-order valence-corrected chi connectivity index (χ3v) is 4.48. The second-order valence-corrected chi connectivity index (χ2v) is 6.21. The monoisotopic (exact) mass is 383 g/mol. The standard InChI is InChI=1S/C23H25NO2.ClH/c1-25-21-14-11-19(12-15-21)17-24-23-9-4-3-7-20(23)13-10-18-6-5-8-22(16-18)26-2;/h3-9,11-12,14-16,24H,10,13,17H2,1-2H3;1H. The lowest BCUT2D eigenvalue weighted by Crippen LogP contribution is -2.03. The van der Waals surface area contributed by atoms with Gasteiger partial charge in [0.2, 0.25) is 0 Å². The van der Waals surface area contributed by atoms with Gasteiger partial charge in [0.1, 0.15) is 11.5 Å². The fraction of sp³-hybridized carbons (Fsp3) is 0.217. The van der Waals surface area contributed by atoms with Crippen molar-refractivity contribution >= 4 is 18.1 Å². The van der Waals surface area contributed by atoms with E-state index >= 15 is 0 Å². The number of anilines is 1. The molecule has 0 atom stereocenters. The lowest BCUT2D eigenvalue weighted by atomic mass is 10.0. The van der Waals surface area contributed by atoms with Crippen LogP contribution in [0.5, 0.6) is 11.5 Å². The van der Waals surface area contributed by atoms with E-state index < -0.39 is 0 Å². The molecular weight excluding hydrogens is 358 g/mol. The number of methoxy groups -OCH3 is 2. The van der Waals surface area contributed by atoms with Gasteiger partial charge in [-0.3, -0.25) is 0 Å². The number of hydrogen-bond acceptors (Lipinski definition) is 3. The van der Waals surface area contributed by atoms with E-state index in [1.807, 2.05) is 24.3 Å². The molecule has 3 aromatic carbocycles. The van der Waals surface area contributed by atoms with Crippen LogP contribution in [0.3, 0.4) is 0 Å². The normalized spacial score (nSPS) is 10.0. The maximum absolute atomic E-state index is 5.31. The number of benzene rings is 3. The van der Waals surface area contributed by atoms with Crippen molar-refractivity contribution in [3.63, 3.8) is 0 Å². The molecule has 0 unspecified atom stereocenters. The van der Waals surface area contributed by atoms with Gasteiger partial charge in [0.05, 0.1) is 14.2 Å². The first-order chi connectivity index (χ1) is 12.8. The third-order valence-electron chi connectivity index (χ3n) is 4.48. The van der Waals surface area contributed by atoms with E-state index in [0.717, 1.165) is 30.9 Å². The van der Waals surface area contributed by atoms with E-state index in [0.29, 0.717) is 0 Å². The van der Waals surface area contributed by atoms with Crippen LogP contribution in [0.15, 0.2) is 72.8 Å². The number of halogens is 1. The van der Waals surface area contributed by atoms with Crippen molar-refractivity contribution in [3.05, 3.63) is 89.5 Å². The fourth-order valence-electron chi connectivity index (χ4n) is 2.96. The van der Waals surface area contributed by atoms with Crippen molar-refractivity contribution in [3.8, 4) is 11.5 Å². The van der Waals surface area contributed by atoms with Gasteiger partial charge in [-0.25, -0.2) is 0 Å². The molecule has 142 valence electrons. The zero-order valence-electron chi connectivity index (χ0n) is 15.8. The van der Waals surface area contributed by atoms with Crippen LogP contribution in [0.2, 0.25) is 0 Å². The molecule has 0 aromatic heterocycles. The second-order valence-electron chi connectivity index (χ2n) is 6.21. The molecule has 3 rings (SSSR count). The molecule has 0 saturated heterocycles. The molecule has 0 aliphatic rings. The van der Waals surface area contributed by atoms with Crippen LogP contribution in [0.1, 0.15) is 16.7 Å². The quantitative estimate of drug-likeness (QED) is 0.555. The highest BCUT2D eigenvalue weighted by molar-refractivity contribution is 5.85. The van der Waals surface area contributed by atoms with E-state index in [2.05, 4.69) is 53.8 Å².